The summed E-state index contributed by atoms with van der Waals surface area (Å²) in [6, 6.07) is 14.9. The van der Waals surface area contributed by atoms with Gasteiger partial charge in [-0.05, 0) is 42.3 Å². The topological polar surface area (TPSA) is 55.6 Å². The van der Waals surface area contributed by atoms with Crippen LogP contribution >= 0.6 is 0 Å². The van der Waals surface area contributed by atoms with Gasteiger partial charge in [-0.2, -0.15) is 0 Å². The fourth-order valence-corrected chi connectivity index (χ4v) is 3.34. The molecular weight excluding hydrogens is 345 g/mol. The number of hydrogen-bond donors (Lipinski definition) is 1. The molecule has 0 bridgehead atoms. The van der Waals surface area contributed by atoms with Crippen molar-refractivity contribution in [2.24, 2.45) is 11.7 Å². The van der Waals surface area contributed by atoms with Crippen molar-refractivity contribution in [2.45, 2.75) is 12.3 Å². The zero-order valence-electron chi connectivity index (χ0n) is 13.9. The van der Waals surface area contributed by atoms with Crippen LogP contribution in [0.1, 0.15) is 21.8 Å². The number of carbonyl (C=O) groups excluding carboxylic acids is 1. The standard InChI is InChI=1S/C19H19F3N2O2/c20-19(21,22)26-16-8-6-14(7-9-16)18(25)24-11-15(10-23)17(12-24)13-4-2-1-3-5-13/h1-9,15,17H,10-12,23H2/t15-,17+/m1/s1. The summed E-state index contributed by atoms with van der Waals surface area (Å²) >= 11 is 0. The first-order valence-corrected chi connectivity index (χ1v) is 8.27. The van der Waals surface area contributed by atoms with Gasteiger partial charge in [0.1, 0.15) is 5.75 Å². The summed E-state index contributed by atoms with van der Waals surface area (Å²) in [5.74, 6) is -0.273. The average molecular weight is 364 g/mol. The molecule has 0 spiro atoms. The number of likely N-dealkylation sites (tertiary alicyclic amines) is 1. The highest BCUT2D eigenvalue weighted by atomic mass is 19.4. The molecule has 2 N–H and O–H groups in total. The number of rotatable bonds is 4. The van der Waals surface area contributed by atoms with Gasteiger partial charge in [0, 0.05) is 24.6 Å². The van der Waals surface area contributed by atoms with E-state index in [1.165, 1.54) is 12.1 Å². The zero-order valence-corrected chi connectivity index (χ0v) is 13.9. The van der Waals surface area contributed by atoms with Crippen LogP contribution in [-0.4, -0.2) is 36.8 Å². The van der Waals surface area contributed by atoms with Crippen LogP contribution in [0.4, 0.5) is 13.2 Å². The van der Waals surface area contributed by atoms with E-state index in [2.05, 4.69) is 4.74 Å². The molecule has 0 radical (unpaired) electrons. The van der Waals surface area contributed by atoms with Gasteiger partial charge in [0.25, 0.3) is 5.91 Å². The zero-order chi connectivity index (χ0) is 18.7. The van der Waals surface area contributed by atoms with Crippen LogP contribution in [0.25, 0.3) is 0 Å². The molecule has 1 amide bonds. The molecule has 138 valence electrons. The number of benzene rings is 2. The van der Waals surface area contributed by atoms with Crippen LogP contribution in [-0.2, 0) is 0 Å². The van der Waals surface area contributed by atoms with E-state index in [-0.39, 0.29) is 23.5 Å². The van der Waals surface area contributed by atoms with Gasteiger partial charge in [-0.1, -0.05) is 30.3 Å². The molecule has 0 aliphatic carbocycles. The lowest BCUT2D eigenvalue weighted by Gasteiger charge is -2.17. The third kappa shape index (κ3) is 4.16. The van der Waals surface area contributed by atoms with E-state index in [1.54, 1.807) is 4.90 Å². The minimum Gasteiger partial charge on any atom is -0.406 e. The fourth-order valence-electron chi connectivity index (χ4n) is 3.34. The largest absolute Gasteiger partial charge is 0.573 e. The number of ether oxygens (including phenoxy) is 1. The highest BCUT2D eigenvalue weighted by Gasteiger charge is 2.36. The van der Waals surface area contributed by atoms with E-state index in [9.17, 15) is 18.0 Å². The number of carbonyl (C=O) groups is 1. The Hall–Kier alpha value is -2.54. The molecule has 2 atom stereocenters. The van der Waals surface area contributed by atoms with Crippen LogP contribution < -0.4 is 10.5 Å². The monoisotopic (exact) mass is 364 g/mol. The van der Waals surface area contributed by atoms with Crippen molar-refractivity contribution in [3.05, 3.63) is 65.7 Å². The maximum atomic E-state index is 12.7. The fraction of sp³-hybridized carbons (Fsp3) is 0.316. The minimum atomic E-state index is -4.75. The van der Waals surface area contributed by atoms with Gasteiger partial charge < -0.3 is 15.4 Å². The predicted octanol–water partition coefficient (Wildman–Crippen LogP) is 3.40. The van der Waals surface area contributed by atoms with Crippen LogP contribution in [0.3, 0.4) is 0 Å². The molecule has 0 unspecified atom stereocenters. The summed E-state index contributed by atoms with van der Waals surface area (Å²) in [7, 11) is 0. The second-order valence-corrected chi connectivity index (χ2v) is 6.30. The van der Waals surface area contributed by atoms with E-state index in [0.29, 0.717) is 25.2 Å². The number of nitrogens with two attached hydrogens (primary N) is 1. The molecule has 1 aliphatic heterocycles. The van der Waals surface area contributed by atoms with Crippen molar-refractivity contribution in [3.63, 3.8) is 0 Å². The van der Waals surface area contributed by atoms with E-state index in [1.807, 2.05) is 30.3 Å². The van der Waals surface area contributed by atoms with E-state index in [4.69, 9.17) is 5.73 Å². The molecule has 1 fully saturated rings. The van der Waals surface area contributed by atoms with Gasteiger partial charge in [-0.15, -0.1) is 13.2 Å². The molecule has 4 nitrogen and oxygen atoms in total. The van der Waals surface area contributed by atoms with Gasteiger partial charge in [0.05, 0.1) is 0 Å². The molecule has 2 aromatic rings. The number of amides is 1. The predicted molar refractivity (Wildman–Crippen MR) is 90.8 cm³/mol. The van der Waals surface area contributed by atoms with Gasteiger partial charge in [0.2, 0.25) is 0 Å². The number of nitrogens with zero attached hydrogens (tertiary/aromatic N) is 1. The van der Waals surface area contributed by atoms with Crippen LogP contribution in [0.2, 0.25) is 0 Å². The van der Waals surface area contributed by atoms with Crippen molar-refractivity contribution in [3.8, 4) is 5.75 Å². The maximum absolute atomic E-state index is 12.7. The second-order valence-electron chi connectivity index (χ2n) is 6.30. The molecule has 2 aromatic carbocycles. The molecule has 1 aliphatic rings. The van der Waals surface area contributed by atoms with Gasteiger partial charge in [-0.25, -0.2) is 0 Å². The highest BCUT2D eigenvalue weighted by molar-refractivity contribution is 5.94. The first kappa shape index (κ1) is 18.3. The SMILES string of the molecule is NC[C@@H]1CN(C(=O)c2ccc(OC(F)(F)F)cc2)C[C@H]1c1ccccc1. The first-order chi connectivity index (χ1) is 12.4. The number of halogens is 3. The van der Waals surface area contributed by atoms with Crippen molar-refractivity contribution in [1.29, 1.82) is 0 Å². The van der Waals surface area contributed by atoms with Gasteiger partial charge in [0.15, 0.2) is 0 Å². The molecular formula is C19H19F3N2O2. The Balaban J connectivity index is 1.72. The summed E-state index contributed by atoms with van der Waals surface area (Å²) < 4.78 is 40.5. The molecule has 3 rings (SSSR count). The highest BCUT2D eigenvalue weighted by Crippen LogP contribution is 2.33. The normalized spacial score (nSPS) is 20.2. The summed E-state index contributed by atoms with van der Waals surface area (Å²) in [5.41, 5.74) is 7.33. The van der Waals surface area contributed by atoms with Gasteiger partial charge in [-0.3, -0.25) is 4.79 Å². The summed E-state index contributed by atoms with van der Waals surface area (Å²) in [5, 5.41) is 0. The first-order valence-electron chi connectivity index (χ1n) is 8.27. The molecule has 26 heavy (non-hydrogen) atoms. The van der Waals surface area contributed by atoms with Crippen LogP contribution in [0, 0.1) is 5.92 Å². The smallest absolute Gasteiger partial charge is 0.406 e. The second kappa shape index (κ2) is 7.37. The van der Waals surface area contributed by atoms with Crippen LogP contribution in [0.15, 0.2) is 54.6 Å². The lowest BCUT2D eigenvalue weighted by atomic mass is 9.89. The van der Waals surface area contributed by atoms with Crippen molar-refractivity contribution >= 4 is 5.91 Å². The Kier molecular flexibility index (Phi) is 5.18. The summed E-state index contributed by atoms with van der Waals surface area (Å²) in [6.07, 6.45) is -4.75. The maximum Gasteiger partial charge on any atom is 0.573 e. The average Bonchev–Trinajstić information content (AvgIpc) is 3.05. The number of alkyl halides is 3. The van der Waals surface area contributed by atoms with Crippen molar-refractivity contribution in [2.75, 3.05) is 19.6 Å². The van der Waals surface area contributed by atoms with E-state index < -0.39 is 6.36 Å². The van der Waals surface area contributed by atoms with Crippen molar-refractivity contribution in [1.82, 2.24) is 4.90 Å². The van der Waals surface area contributed by atoms with E-state index >= 15 is 0 Å². The lowest BCUT2D eigenvalue weighted by Crippen LogP contribution is -2.29. The Labute approximate surface area is 149 Å². The molecule has 0 aromatic heterocycles. The van der Waals surface area contributed by atoms with Crippen molar-refractivity contribution < 1.29 is 22.7 Å². The Morgan fingerprint density at radius 2 is 1.73 bits per heavy atom. The lowest BCUT2D eigenvalue weighted by molar-refractivity contribution is -0.274. The summed E-state index contributed by atoms with van der Waals surface area (Å²) in [4.78, 5) is 14.4. The molecule has 1 saturated heterocycles. The molecule has 0 saturated carbocycles. The van der Waals surface area contributed by atoms with Crippen LogP contribution in [0.5, 0.6) is 5.75 Å². The summed E-state index contributed by atoms with van der Waals surface area (Å²) in [6.45, 7) is 1.52. The Bertz CT molecular complexity index is 748. The van der Waals surface area contributed by atoms with Gasteiger partial charge >= 0.3 is 6.36 Å². The quantitative estimate of drug-likeness (QED) is 0.905. The number of hydrogen-bond acceptors (Lipinski definition) is 3. The third-order valence-electron chi connectivity index (χ3n) is 4.59. The molecule has 7 heteroatoms. The third-order valence-corrected chi connectivity index (χ3v) is 4.59. The van der Waals surface area contributed by atoms with E-state index in [0.717, 1.165) is 17.7 Å². The minimum absolute atomic E-state index is 0.147. The Morgan fingerprint density at radius 1 is 1.08 bits per heavy atom. The molecule has 1 heterocycles. The Morgan fingerprint density at radius 3 is 2.31 bits per heavy atom.